The van der Waals surface area contributed by atoms with Crippen LogP contribution in [0, 0.1) is 0 Å². The summed E-state index contributed by atoms with van der Waals surface area (Å²) in [5.41, 5.74) is -1.37. The molecule has 0 amide bonds. The van der Waals surface area contributed by atoms with Gasteiger partial charge in [0.2, 0.25) is 5.88 Å². The number of nitrogens with zero attached hydrogens (tertiary/aromatic N) is 3. The van der Waals surface area contributed by atoms with Crippen molar-refractivity contribution >= 4 is 17.8 Å². The Balaban J connectivity index is 2.06. The van der Waals surface area contributed by atoms with Crippen LogP contribution in [0.5, 0.6) is 5.88 Å². The van der Waals surface area contributed by atoms with Crippen molar-refractivity contribution in [3.63, 3.8) is 0 Å². The number of rotatable bonds is 3. The van der Waals surface area contributed by atoms with Crippen LogP contribution in [0.25, 0.3) is 5.69 Å². The smallest absolute Gasteiger partial charge is 0.335 e. The summed E-state index contributed by atoms with van der Waals surface area (Å²) < 4.78 is 6.15. The van der Waals surface area contributed by atoms with Crippen molar-refractivity contribution in [2.45, 2.75) is 0 Å². The van der Waals surface area contributed by atoms with Crippen molar-refractivity contribution in [2.75, 3.05) is 26.3 Å². The molecular weight excluding hydrogens is 336 g/mol. The second kappa shape index (κ2) is 6.90. The summed E-state index contributed by atoms with van der Waals surface area (Å²) in [7, 11) is 0. The maximum absolute atomic E-state index is 12.1. The molecule has 0 atom stereocenters. The number of aromatic amines is 1. The number of hydrazone groups is 1. The van der Waals surface area contributed by atoms with Crippen LogP contribution in [-0.2, 0) is 4.74 Å². The molecule has 2 aromatic rings. The summed E-state index contributed by atoms with van der Waals surface area (Å²) in [5.74, 6) is -0.520. The van der Waals surface area contributed by atoms with Gasteiger partial charge in [-0.1, -0.05) is 23.7 Å². The average molecular weight is 351 g/mol. The second-order valence-electron chi connectivity index (χ2n) is 5.09. The third-order valence-electron chi connectivity index (χ3n) is 3.55. The molecule has 1 aliphatic heterocycles. The molecule has 0 spiro atoms. The number of aromatic hydroxyl groups is 1. The highest BCUT2D eigenvalue weighted by atomic mass is 35.5. The highest BCUT2D eigenvalue weighted by molar-refractivity contribution is 6.32. The van der Waals surface area contributed by atoms with E-state index in [1.807, 2.05) is 0 Å². The normalized spacial score (nSPS) is 15.1. The zero-order chi connectivity index (χ0) is 17.1. The second-order valence-corrected chi connectivity index (χ2v) is 5.50. The number of H-pyrrole nitrogens is 1. The minimum atomic E-state index is -0.783. The molecule has 0 aliphatic carbocycles. The summed E-state index contributed by atoms with van der Waals surface area (Å²) in [5, 5.41) is 16.5. The molecule has 1 fully saturated rings. The predicted octanol–water partition coefficient (Wildman–Crippen LogP) is 0.551. The Morgan fingerprint density at radius 1 is 1.25 bits per heavy atom. The van der Waals surface area contributed by atoms with E-state index in [1.165, 1.54) is 6.21 Å². The van der Waals surface area contributed by atoms with E-state index in [0.717, 1.165) is 4.57 Å². The molecule has 24 heavy (non-hydrogen) atoms. The molecule has 1 aromatic heterocycles. The lowest BCUT2D eigenvalue weighted by Gasteiger charge is -2.23. The maximum Gasteiger partial charge on any atom is 0.335 e. The zero-order valence-corrected chi connectivity index (χ0v) is 13.4. The van der Waals surface area contributed by atoms with Crippen molar-refractivity contribution in [3.05, 3.63) is 55.7 Å². The van der Waals surface area contributed by atoms with E-state index in [2.05, 4.69) is 10.1 Å². The number of morpholine rings is 1. The fourth-order valence-electron chi connectivity index (χ4n) is 2.32. The standard InChI is InChI=1S/C15H15ClN4O4/c16-11-3-1-2-4-12(11)20-14(22)10(13(21)18-15(20)23)9-17-19-5-7-24-8-6-19/h1-4,9,22H,5-8H2,(H,18,21,23). The molecule has 0 unspecified atom stereocenters. The van der Waals surface area contributed by atoms with Gasteiger partial charge in [-0.15, -0.1) is 0 Å². The molecule has 0 saturated carbocycles. The van der Waals surface area contributed by atoms with Gasteiger partial charge >= 0.3 is 5.69 Å². The van der Waals surface area contributed by atoms with Gasteiger partial charge in [0.25, 0.3) is 5.56 Å². The van der Waals surface area contributed by atoms with Gasteiger partial charge in [0.05, 0.1) is 43.2 Å². The fraction of sp³-hybridized carbons (Fsp3) is 0.267. The molecule has 1 aromatic carbocycles. The van der Waals surface area contributed by atoms with Crippen LogP contribution in [0.1, 0.15) is 5.56 Å². The third kappa shape index (κ3) is 3.19. The SMILES string of the molecule is O=c1[nH]c(=O)n(-c2ccccc2Cl)c(O)c1C=NN1CCOCC1. The predicted molar refractivity (Wildman–Crippen MR) is 89.3 cm³/mol. The van der Waals surface area contributed by atoms with Crippen molar-refractivity contribution in [3.8, 4) is 11.6 Å². The van der Waals surface area contributed by atoms with Crippen molar-refractivity contribution in [1.29, 1.82) is 0 Å². The Morgan fingerprint density at radius 3 is 2.67 bits per heavy atom. The van der Waals surface area contributed by atoms with Gasteiger partial charge in [-0.25, -0.2) is 9.36 Å². The Kier molecular flexibility index (Phi) is 4.68. The fourth-order valence-corrected chi connectivity index (χ4v) is 2.54. The summed E-state index contributed by atoms with van der Waals surface area (Å²) in [6.07, 6.45) is 1.23. The van der Waals surface area contributed by atoms with Crippen LogP contribution < -0.4 is 11.2 Å². The summed E-state index contributed by atoms with van der Waals surface area (Å²) in [4.78, 5) is 26.3. The highest BCUT2D eigenvalue weighted by Crippen LogP contribution is 2.22. The lowest BCUT2D eigenvalue weighted by Crippen LogP contribution is -2.34. The van der Waals surface area contributed by atoms with E-state index in [0.29, 0.717) is 26.3 Å². The number of benzene rings is 1. The molecule has 2 N–H and O–H groups in total. The number of hydrogen-bond acceptors (Lipinski definition) is 6. The van der Waals surface area contributed by atoms with Gasteiger partial charge in [0, 0.05) is 0 Å². The quantitative estimate of drug-likeness (QED) is 0.787. The van der Waals surface area contributed by atoms with Gasteiger partial charge in [-0.05, 0) is 12.1 Å². The number of aromatic nitrogens is 2. The molecule has 2 heterocycles. The van der Waals surface area contributed by atoms with Crippen molar-refractivity contribution in [1.82, 2.24) is 14.6 Å². The molecule has 0 radical (unpaired) electrons. The van der Waals surface area contributed by atoms with Crippen LogP contribution in [-0.4, -0.2) is 52.2 Å². The Bertz CT molecular complexity index is 884. The molecule has 0 bridgehead atoms. The lowest BCUT2D eigenvalue weighted by atomic mass is 10.3. The van der Waals surface area contributed by atoms with Crippen LogP contribution in [0.2, 0.25) is 5.02 Å². The summed E-state index contributed by atoms with van der Waals surface area (Å²) in [6.45, 7) is 2.25. The molecule has 126 valence electrons. The molecule has 3 rings (SSSR count). The van der Waals surface area contributed by atoms with E-state index in [9.17, 15) is 14.7 Å². The maximum atomic E-state index is 12.1. The van der Waals surface area contributed by atoms with Crippen LogP contribution in [0.15, 0.2) is 39.0 Å². The first-order chi connectivity index (χ1) is 11.6. The van der Waals surface area contributed by atoms with Gasteiger partial charge in [-0.2, -0.15) is 5.10 Å². The third-order valence-corrected chi connectivity index (χ3v) is 3.87. The van der Waals surface area contributed by atoms with E-state index < -0.39 is 17.1 Å². The Hall–Kier alpha value is -2.58. The average Bonchev–Trinajstić information content (AvgIpc) is 2.57. The van der Waals surface area contributed by atoms with Crippen LogP contribution in [0.3, 0.4) is 0 Å². The molecule has 1 saturated heterocycles. The molecule has 8 nitrogen and oxygen atoms in total. The Labute approximate surface area is 141 Å². The van der Waals surface area contributed by atoms with E-state index >= 15 is 0 Å². The minimum Gasteiger partial charge on any atom is -0.493 e. The molecule has 9 heteroatoms. The summed E-state index contributed by atoms with van der Waals surface area (Å²) in [6, 6.07) is 6.50. The lowest BCUT2D eigenvalue weighted by molar-refractivity contribution is 0.0396. The number of halogens is 1. The van der Waals surface area contributed by atoms with Crippen molar-refractivity contribution < 1.29 is 9.84 Å². The zero-order valence-electron chi connectivity index (χ0n) is 12.6. The van der Waals surface area contributed by atoms with Gasteiger partial charge < -0.3 is 9.84 Å². The molecule has 1 aliphatic rings. The Morgan fingerprint density at radius 2 is 1.96 bits per heavy atom. The number of hydrogen-bond donors (Lipinski definition) is 2. The first kappa shape index (κ1) is 16.3. The first-order valence-electron chi connectivity index (χ1n) is 7.28. The summed E-state index contributed by atoms with van der Waals surface area (Å²) >= 11 is 6.08. The van der Waals surface area contributed by atoms with Crippen molar-refractivity contribution in [2.24, 2.45) is 5.10 Å². The topological polar surface area (TPSA) is 99.9 Å². The number of nitrogens with one attached hydrogen (secondary N) is 1. The molecular formula is C15H15ClN4O4. The largest absolute Gasteiger partial charge is 0.493 e. The monoisotopic (exact) mass is 350 g/mol. The van der Waals surface area contributed by atoms with Crippen LogP contribution >= 0.6 is 11.6 Å². The van der Waals surface area contributed by atoms with E-state index in [4.69, 9.17) is 16.3 Å². The van der Waals surface area contributed by atoms with Gasteiger partial charge in [0.15, 0.2) is 0 Å². The van der Waals surface area contributed by atoms with Gasteiger partial charge in [-0.3, -0.25) is 14.8 Å². The highest BCUT2D eigenvalue weighted by Gasteiger charge is 2.16. The minimum absolute atomic E-state index is 0.124. The first-order valence-corrected chi connectivity index (χ1v) is 7.65. The van der Waals surface area contributed by atoms with E-state index in [1.54, 1.807) is 29.3 Å². The van der Waals surface area contributed by atoms with Gasteiger partial charge in [0.1, 0.15) is 5.56 Å². The number of ether oxygens (including phenoxy) is 1. The van der Waals surface area contributed by atoms with E-state index in [-0.39, 0.29) is 16.3 Å². The number of para-hydroxylation sites is 1. The van der Waals surface area contributed by atoms with Crippen LogP contribution in [0.4, 0.5) is 0 Å².